The number of thiazole rings is 1. The molecule has 1 unspecified atom stereocenters. The molecule has 0 saturated heterocycles. The van der Waals surface area contributed by atoms with E-state index < -0.39 is 6.10 Å². The van der Waals surface area contributed by atoms with Crippen LogP contribution in [0.2, 0.25) is 0 Å². The van der Waals surface area contributed by atoms with Crippen LogP contribution in [-0.2, 0) is 6.54 Å². The molecule has 0 bridgehead atoms. The fraction of sp³-hybridized carbons (Fsp3) is 0.364. The first-order chi connectivity index (χ1) is 8.76. The standard InChI is InChI=1S/C11H13N5OS/c1-2-10(17)9-7-16(14-13-9)6-8-5-15-3-4-18-11(15)12-8/h3-5,7,10,17H,2,6H2,1H3. The van der Waals surface area contributed by atoms with Crippen molar-refractivity contribution in [2.45, 2.75) is 26.0 Å². The van der Waals surface area contributed by atoms with Gasteiger partial charge in [-0.3, -0.25) is 4.40 Å². The zero-order valence-electron chi connectivity index (χ0n) is 9.89. The van der Waals surface area contributed by atoms with Gasteiger partial charge >= 0.3 is 0 Å². The van der Waals surface area contributed by atoms with Crippen LogP contribution < -0.4 is 0 Å². The molecule has 0 amide bonds. The minimum absolute atomic E-state index is 0.538. The summed E-state index contributed by atoms with van der Waals surface area (Å²) in [5, 5.41) is 19.6. The van der Waals surface area contributed by atoms with E-state index in [1.165, 1.54) is 0 Å². The monoisotopic (exact) mass is 263 g/mol. The average molecular weight is 263 g/mol. The van der Waals surface area contributed by atoms with Crippen molar-refractivity contribution in [3.63, 3.8) is 0 Å². The van der Waals surface area contributed by atoms with Gasteiger partial charge in [-0.1, -0.05) is 12.1 Å². The molecule has 0 aliphatic heterocycles. The molecule has 6 nitrogen and oxygen atoms in total. The summed E-state index contributed by atoms with van der Waals surface area (Å²) < 4.78 is 3.68. The van der Waals surface area contributed by atoms with Crippen molar-refractivity contribution < 1.29 is 5.11 Å². The highest BCUT2D eigenvalue weighted by atomic mass is 32.1. The quantitative estimate of drug-likeness (QED) is 0.774. The van der Waals surface area contributed by atoms with Gasteiger partial charge in [0, 0.05) is 17.8 Å². The summed E-state index contributed by atoms with van der Waals surface area (Å²) in [5.74, 6) is 0. The second-order valence-electron chi connectivity index (χ2n) is 4.09. The van der Waals surface area contributed by atoms with E-state index in [1.54, 1.807) is 22.2 Å². The lowest BCUT2D eigenvalue weighted by Gasteiger charge is -2.00. The minimum atomic E-state index is -0.538. The third-order valence-corrected chi connectivity index (χ3v) is 3.52. The Labute approximate surface area is 108 Å². The lowest BCUT2D eigenvalue weighted by molar-refractivity contribution is 0.168. The molecule has 0 aliphatic rings. The first kappa shape index (κ1) is 11.4. The number of rotatable bonds is 4. The molecule has 1 atom stereocenters. The summed E-state index contributed by atoms with van der Waals surface area (Å²) in [4.78, 5) is 5.44. The normalized spacial score (nSPS) is 13.2. The van der Waals surface area contributed by atoms with E-state index in [0.717, 1.165) is 10.7 Å². The highest BCUT2D eigenvalue weighted by Crippen LogP contribution is 2.14. The number of aromatic nitrogens is 5. The maximum absolute atomic E-state index is 9.66. The van der Waals surface area contributed by atoms with E-state index in [9.17, 15) is 5.11 Å². The molecule has 18 heavy (non-hydrogen) atoms. The van der Waals surface area contributed by atoms with Crippen molar-refractivity contribution in [1.82, 2.24) is 24.4 Å². The van der Waals surface area contributed by atoms with Crippen molar-refractivity contribution in [1.29, 1.82) is 0 Å². The maximum Gasteiger partial charge on any atom is 0.193 e. The van der Waals surface area contributed by atoms with Crippen LogP contribution in [0.25, 0.3) is 4.96 Å². The Bertz CT molecular complexity index is 627. The third kappa shape index (κ3) is 2.02. The van der Waals surface area contributed by atoms with Crippen LogP contribution in [0, 0.1) is 0 Å². The molecule has 0 saturated carbocycles. The topological polar surface area (TPSA) is 68.2 Å². The zero-order valence-corrected chi connectivity index (χ0v) is 10.7. The van der Waals surface area contributed by atoms with Crippen molar-refractivity contribution >= 4 is 16.3 Å². The van der Waals surface area contributed by atoms with Gasteiger partial charge in [-0.25, -0.2) is 9.67 Å². The Balaban J connectivity index is 1.79. The van der Waals surface area contributed by atoms with E-state index in [-0.39, 0.29) is 0 Å². The van der Waals surface area contributed by atoms with Crippen molar-refractivity contribution in [3.8, 4) is 0 Å². The number of fused-ring (bicyclic) bond motifs is 1. The molecule has 3 heterocycles. The maximum atomic E-state index is 9.66. The molecule has 0 spiro atoms. The van der Waals surface area contributed by atoms with Gasteiger partial charge in [0.2, 0.25) is 0 Å². The number of aliphatic hydroxyl groups is 1. The Morgan fingerprint density at radius 3 is 3.11 bits per heavy atom. The van der Waals surface area contributed by atoms with Gasteiger partial charge < -0.3 is 5.11 Å². The summed E-state index contributed by atoms with van der Waals surface area (Å²) >= 11 is 1.60. The van der Waals surface area contributed by atoms with Crippen molar-refractivity contribution in [2.75, 3.05) is 0 Å². The summed E-state index contributed by atoms with van der Waals surface area (Å²) in [6.07, 6.45) is 5.82. The van der Waals surface area contributed by atoms with E-state index in [0.29, 0.717) is 18.7 Å². The summed E-state index contributed by atoms with van der Waals surface area (Å²) in [6, 6.07) is 0. The van der Waals surface area contributed by atoms with Gasteiger partial charge in [0.1, 0.15) is 5.69 Å². The smallest absolute Gasteiger partial charge is 0.193 e. The summed E-state index contributed by atoms with van der Waals surface area (Å²) in [6.45, 7) is 2.48. The summed E-state index contributed by atoms with van der Waals surface area (Å²) in [7, 11) is 0. The predicted molar refractivity (Wildman–Crippen MR) is 67.4 cm³/mol. The Kier molecular flexibility index (Phi) is 2.85. The largest absolute Gasteiger partial charge is 0.387 e. The summed E-state index contributed by atoms with van der Waals surface area (Å²) in [5.41, 5.74) is 1.54. The molecular formula is C11H13N5OS. The molecule has 3 rings (SSSR count). The fourth-order valence-electron chi connectivity index (χ4n) is 1.77. The number of nitrogens with zero attached hydrogens (tertiary/aromatic N) is 5. The zero-order chi connectivity index (χ0) is 12.5. The minimum Gasteiger partial charge on any atom is -0.387 e. The SMILES string of the molecule is CCC(O)c1cn(Cc2cn3ccsc3n2)nn1. The van der Waals surface area contributed by atoms with E-state index >= 15 is 0 Å². The molecule has 7 heteroatoms. The van der Waals surface area contributed by atoms with E-state index in [4.69, 9.17) is 0 Å². The molecule has 3 aromatic heterocycles. The number of imidazole rings is 1. The Morgan fingerprint density at radius 1 is 1.44 bits per heavy atom. The first-order valence-corrected chi connectivity index (χ1v) is 6.63. The van der Waals surface area contributed by atoms with E-state index in [1.807, 2.05) is 29.1 Å². The average Bonchev–Trinajstić information content (AvgIpc) is 3.03. The van der Waals surface area contributed by atoms with Crippen LogP contribution >= 0.6 is 11.3 Å². The molecule has 0 fully saturated rings. The molecule has 94 valence electrons. The van der Waals surface area contributed by atoms with Gasteiger partial charge in [0.15, 0.2) is 4.96 Å². The van der Waals surface area contributed by atoms with Crippen molar-refractivity contribution in [3.05, 3.63) is 35.4 Å². The second-order valence-corrected chi connectivity index (χ2v) is 4.96. The van der Waals surface area contributed by atoms with Gasteiger partial charge in [0.25, 0.3) is 0 Å². The highest BCUT2D eigenvalue weighted by molar-refractivity contribution is 7.15. The van der Waals surface area contributed by atoms with Crippen LogP contribution in [0.1, 0.15) is 30.8 Å². The predicted octanol–water partition coefficient (Wildman–Crippen LogP) is 1.48. The fourth-order valence-corrected chi connectivity index (χ4v) is 2.49. The number of hydrogen-bond donors (Lipinski definition) is 1. The van der Waals surface area contributed by atoms with Gasteiger partial charge in [-0.15, -0.1) is 16.4 Å². The van der Waals surface area contributed by atoms with Crippen LogP contribution in [0.15, 0.2) is 24.0 Å². The molecule has 0 aromatic carbocycles. The van der Waals surface area contributed by atoms with Crippen LogP contribution in [-0.4, -0.2) is 29.5 Å². The van der Waals surface area contributed by atoms with Gasteiger partial charge in [-0.2, -0.15) is 0 Å². The lowest BCUT2D eigenvalue weighted by Crippen LogP contribution is -2.00. The third-order valence-electron chi connectivity index (χ3n) is 2.75. The van der Waals surface area contributed by atoms with Gasteiger partial charge in [-0.05, 0) is 6.42 Å². The van der Waals surface area contributed by atoms with Crippen molar-refractivity contribution in [2.24, 2.45) is 0 Å². The van der Waals surface area contributed by atoms with Crippen LogP contribution in [0.3, 0.4) is 0 Å². The molecule has 3 aromatic rings. The molecule has 0 radical (unpaired) electrons. The number of hydrogen-bond acceptors (Lipinski definition) is 5. The van der Waals surface area contributed by atoms with Crippen LogP contribution in [0.5, 0.6) is 0 Å². The molecule has 0 aliphatic carbocycles. The number of aliphatic hydroxyl groups excluding tert-OH is 1. The molecule has 1 N–H and O–H groups in total. The van der Waals surface area contributed by atoms with E-state index in [2.05, 4.69) is 15.3 Å². The Morgan fingerprint density at radius 2 is 2.33 bits per heavy atom. The van der Waals surface area contributed by atoms with Gasteiger partial charge in [0.05, 0.1) is 24.5 Å². The second kappa shape index (κ2) is 4.51. The Hall–Kier alpha value is -1.73. The lowest BCUT2D eigenvalue weighted by atomic mass is 10.2. The van der Waals surface area contributed by atoms with Crippen LogP contribution in [0.4, 0.5) is 0 Å². The highest BCUT2D eigenvalue weighted by Gasteiger charge is 2.10. The first-order valence-electron chi connectivity index (χ1n) is 5.75. The molecular weight excluding hydrogens is 250 g/mol.